The lowest BCUT2D eigenvalue weighted by atomic mass is 10.2. The van der Waals surface area contributed by atoms with E-state index in [1.165, 1.54) is 11.9 Å². The fraction of sp³-hybridized carbons (Fsp3) is 0.217. The number of carbonyl (C=O) groups is 1. The maximum atomic E-state index is 10.2. The van der Waals surface area contributed by atoms with Gasteiger partial charge in [0.1, 0.15) is 23.9 Å². The molecule has 1 aliphatic heterocycles. The zero-order valence-electron chi connectivity index (χ0n) is 17.3. The SMILES string of the molecule is COc1ccc(C=O)cc1.N#Cc1cnc(N2CCN(c3ccc(N)cc3)CC2)cn1.[HH]. The number of methoxy groups -OCH3 is 1. The van der Waals surface area contributed by atoms with Crippen molar-refractivity contribution in [2.24, 2.45) is 0 Å². The summed E-state index contributed by atoms with van der Waals surface area (Å²) in [4.78, 5) is 23.0. The molecule has 8 heteroatoms. The molecule has 1 fully saturated rings. The number of ether oxygens (including phenoxy) is 1. The maximum absolute atomic E-state index is 10.2. The lowest BCUT2D eigenvalue weighted by molar-refractivity contribution is 0.112. The highest BCUT2D eigenvalue weighted by Crippen LogP contribution is 2.20. The van der Waals surface area contributed by atoms with Crippen LogP contribution in [0.25, 0.3) is 0 Å². The first-order valence-corrected chi connectivity index (χ1v) is 9.79. The Bertz CT molecular complexity index is 1010. The van der Waals surface area contributed by atoms with Gasteiger partial charge in [0.15, 0.2) is 5.69 Å². The summed E-state index contributed by atoms with van der Waals surface area (Å²) in [5, 5.41) is 8.74. The number of rotatable bonds is 4. The van der Waals surface area contributed by atoms with E-state index < -0.39 is 0 Å². The van der Waals surface area contributed by atoms with Crippen LogP contribution in [0.3, 0.4) is 0 Å². The Morgan fingerprint density at radius 2 is 1.65 bits per heavy atom. The molecule has 8 nitrogen and oxygen atoms in total. The van der Waals surface area contributed by atoms with Crippen LogP contribution in [0.2, 0.25) is 0 Å². The second-order valence-electron chi connectivity index (χ2n) is 6.83. The Kier molecular flexibility index (Phi) is 7.38. The molecule has 0 radical (unpaired) electrons. The van der Waals surface area contributed by atoms with Gasteiger partial charge in [-0.1, -0.05) is 0 Å². The van der Waals surface area contributed by atoms with Gasteiger partial charge in [0, 0.05) is 44.5 Å². The number of nitriles is 1. The Hall–Kier alpha value is -4.12. The van der Waals surface area contributed by atoms with Crippen molar-refractivity contribution in [1.29, 1.82) is 5.26 Å². The molecule has 0 unspecified atom stereocenters. The van der Waals surface area contributed by atoms with Gasteiger partial charge < -0.3 is 20.3 Å². The molecule has 0 atom stereocenters. The van der Waals surface area contributed by atoms with Crippen LogP contribution in [0, 0.1) is 11.3 Å². The van der Waals surface area contributed by atoms with E-state index in [0.717, 1.165) is 49.7 Å². The van der Waals surface area contributed by atoms with Crippen molar-refractivity contribution in [2.75, 3.05) is 48.8 Å². The largest absolute Gasteiger partial charge is 0.497 e. The van der Waals surface area contributed by atoms with Gasteiger partial charge in [-0.15, -0.1) is 0 Å². The lowest BCUT2D eigenvalue weighted by Crippen LogP contribution is -2.46. The lowest BCUT2D eigenvalue weighted by Gasteiger charge is -2.36. The molecule has 0 amide bonds. The molecule has 0 aliphatic carbocycles. The summed E-state index contributed by atoms with van der Waals surface area (Å²) >= 11 is 0. The number of carbonyl (C=O) groups excluding carboxylic acids is 1. The van der Waals surface area contributed by atoms with E-state index in [-0.39, 0.29) is 1.43 Å². The minimum atomic E-state index is 0. The van der Waals surface area contributed by atoms with E-state index in [1.54, 1.807) is 37.6 Å². The number of nitrogens with zero attached hydrogens (tertiary/aromatic N) is 5. The van der Waals surface area contributed by atoms with Crippen molar-refractivity contribution in [3.8, 4) is 11.8 Å². The molecule has 2 N–H and O–H groups in total. The summed E-state index contributed by atoms with van der Waals surface area (Å²) in [5.74, 6) is 1.59. The van der Waals surface area contributed by atoms with Crippen LogP contribution in [0.1, 0.15) is 17.5 Å². The Balaban J connectivity index is 0.000000280. The van der Waals surface area contributed by atoms with Crippen molar-refractivity contribution < 1.29 is 11.0 Å². The molecular formula is C23H26N6O2. The molecule has 3 aromatic rings. The topological polar surface area (TPSA) is 108 Å². The van der Waals surface area contributed by atoms with E-state index in [2.05, 4.69) is 19.8 Å². The standard InChI is InChI=1S/C15H16N6.C8H8O2.H2/c16-9-13-10-19-15(11-18-13)21-7-5-20(6-8-21)14-3-1-12(17)2-4-14;1-10-8-4-2-7(6-9)3-5-8;/h1-4,10-11H,5-8,17H2;2-6H,1H3;1H. The Morgan fingerprint density at radius 1 is 1.00 bits per heavy atom. The maximum Gasteiger partial charge on any atom is 0.158 e. The van der Waals surface area contributed by atoms with Crippen LogP contribution in [0.5, 0.6) is 5.75 Å². The Labute approximate surface area is 183 Å². The first kappa shape index (κ1) is 21.6. The van der Waals surface area contributed by atoms with Gasteiger partial charge in [-0.2, -0.15) is 5.26 Å². The van der Waals surface area contributed by atoms with Gasteiger partial charge in [0.2, 0.25) is 0 Å². The van der Waals surface area contributed by atoms with Gasteiger partial charge in [-0.3, -0.25) is 4.79 Å². The number of anilines is 3. The van der Waals surface area contributed by atoms with Crippen molar-refractivity contribution in [3.63, 3.8) is 0 Å². The minimum absolute atomic E-state index is 0. The number of benzene rings is 2. The molecule has 0 spiro atoms. The molecular weight excluding hydrogens is 392 g/mol. The number of aromatic nitrogens is 2. The molecule has 1 aromatic heterocycles. The second kappa shape index (κ2) is 10.6. The van der Waals surface area contributed by atoms with Gasteiger partial charge >= 0.3 is 0 Å². The highest BCUT2D eigenvalue weighted by atomic mass is 16.5. The average Bonchev–Trinajstić information content (AvgIpc) is 2.85. The number of piperazine rings is 1. The number of aldehydes is 1. The monoisotopic (exact) mass is 418 g/mol. The minimum Gasteiger partial charge on any atom is -0.497 e. The predicted molar refractivity (Wildman–Crippen MR) is 123 cm³/mol. The second-order valence-corrected chi connectivity index (χ2v) is 6.83. The fourth-order valence-corrected chi connectivity index (χ4v) is 3.10. The highest BCUT2D eigenvalue weighted by molar-refractivity contribution is 5.74. The molecule has 160 valence electrons. The first-order chi connectivity index (χ1) is 15.1. The van der Waals surface area contributed by atoms with Crippen LogP contribution in [0.15, 0.2) is 60.9 Å². The summed E-state index contributed by atoms with van der Waals surface area (Å²) in [5.41, 5.74) is 8.70. The molecule has 2 aromatic carbocycles. The van der Waals surface area contributed by atoms with Gasteiger partial charge in [-0.05, 0) is 48.5 Å². The third-order valence-electron chi connectivity index (χ3n) is 4.87. The van der Waals surface area contributed by atoms with E-state index >= 15 is 0 Å². The summed E-state index contributed by atoms with van der Waals surface area (Å²) in [7, 11) is 1.59. The van der Waals surface area contributed by atoms with E-state index in [1.807, 2.05) is 30.3 Å². The van der Waals surface area contributed by atoms with Crippen molar-refractivity contribution in [1.82, 2.24) is 9.97 Å². The average molecular weight is 419 g/mol. The van der Waals surface area contributed by atoms with Gasteiger partial charge in [0.05, 0.1) is 19.5 Å². The zero-order chi connectivity index (χ0) is 22.1. The van der Waals surface area contributed by atoms with Crippen LogP contribution in [-0.4, -0.2) is 49.5 Å². The van der Waals surface area contributed by atoms with E-state index in [4.69, 9.17) is 15.7 Å². The summed E-state index contributed by atoms with van der Waals surface area (Å²) in [6.45, 7) is 3.60. The van der Waals surface area contributed by atoms with E-state index in [9.17, 15) is 4.79 Å². The zero-order valence-corrected chi connectivity index (χ0v) is 17.3. The molecule has 2 heterocycles. The number of hydrogen-bond donors (Lipinski definition) is 1. The van der Waals surface area contributed by atoms with Crippen LogP contribution in [-0.2, 0) is 0 Å². The summed E-state index contributed by atoms with van der Waals surface area (Å²) < 4.78 is 4.90. The fourth-order valence-electron chi connectivity index (χ4n) is 3.10. The molecule has 0 saturated carbocycles. The number of nitrogen functional groups attached to an aromatic ring is 1. The van der Waals surface area contributed by atoms with Crippen molar-refractivity contribution in [3.05, 3.63) is 72.2 Å². The number of nitrogens with two attached hydrogens (primary N) is 1. The first-order valence-electron chi connectivity index (χ1n) is 9.79. The van der Waals surface area contributed by atoms with Crippen molar-refractivity contribution >= 4 is 23.5 Å². The molecule has 4 rings (SSSR count). The molecule has 31 heavy (non-hydrogen) atoms. The van der Waals surface area contributed by atoms with Gasteiger partial charge in [0.25, 0.3) is 0 Å². The Morgan fingerprint density at radius 3 is 2.16 bits per heavy atom. The molecule has 0 bridgehead atoms. The normalized spacial score (nSPS) is 12.9. The quantitative estimate of drug-likeness (QED) is 0.509. The highest BCUT2D eigenvalue weighted by Gasteiger charge is 2.18. The van der Waals surface area contributed by atoms with Crippen LogP contribution < -0.4 is 20.3 Å². The third-order valence-corrected chi connectivity index (χ3v) is 4.87. The summed E-state index contributed by atoms with van der Waals surface area (Å²) in [6.07, 6.45) is 3.98. The van der Waals surface area contributed by atoms with Crippen LogP contribution >= 0.6 is 0 Å². The number of hydrogen-bond acceptors (Lipinski definition) is 8. The van der Waals surface area contributed by atoms with Crippen molar-refractivity contribution in [2.45, 2.75) is 0 Å². The predicted octanol–water partition coefficient (Wildman–Crippen LogP) is 3.01. The van der Waals surface area contributed by atoms with E-state index in [0.29, 0.717) is 11.3 Å². The third kappa shape index (κ3) is 5.93. The van der Waals surface area contributed by atoms with Gasteiger partial charge in [-0.25, -0.2) is 9.97 Å². The molecule has 1 saturated heterocycles. The summed E-state index contributed by atoms with van der Waals surface area (Å²) in [6, 6.07) is 16.9. The molecule has 1 aliphatic rings. The smallest absolute Gasteiger partial charge is 0.158 e. The van der Waals surface area contributed by atoms with Crippen LogP contribution in [0.4, 0.5) is 17.2 Å².